The second-order valence-corrected chi connectivity index (χ2v) is 7.06. The third-order valence-electron chi connectivity index (χ3n) is 3.04. The smallest absolute Gasteiger partial charge is 0.335 e. The van der Waals surface area contributed by atoms with Gasteiger partial charge in [0.25, 0.3) is 10.0 Å². The van der Waals surface area contributed by atoms with Crippen LogP contribution >= 0.6 is 23.2 Å². The fourth-order valence-corrected chi connectivity index (χ4v) is 3.13. The number of sulfonamides is 1. The molecule has 0 aliphatic rings. The molecule has 1 aromatic heterocycles. The maximum Gasteiger partial charge on any atom is 0.335 e. The lowest BCUT2D eigenvalue weighted by molar-refractivity contribution is 0.256. The molecule has 140 valence electrons. The van der Waals surface area contributed by atoms with Crippen molar-refractivity contribution in [3.8, 4) is 5.75 Å². The zero-order valence-corrected chi connectivity index (χ0v) is 16.1. The fraction of sp³-hybridized carbons (Fsp3) is 0.214. The van der Waals surface area contributed by atoms with Gasteiger partial charge in [0.2, 0.25) is 11.2 Å². The zero-order valence-electron chi connectivity index (χ0n) is 13.7. The minimum absolute atomic E-state index is 0.0188. The van der Waals surface area contributed by atoms with Crippen molar-refractivity contribution in [3.05, 3.63) is 40.8 Å². The van der Waals surface area contributed by atoms with Crippen molar-refractivity contribution in [1.82, 2.24) is 19.5 Å². The van der Waals surface area contributed by atoms with Crippen LogP contribution in [0.3, 0.4) is 0 Å². The first kappa shape index (κ1) is 20.0. The second-order valence-electron chi connectivity index (χ2n) is 4.82. The van der Waals surface area contributed by atoms with E-state index in [9.17, 15) is 13.2 Å². The summed E-state index contributed by atoms with van der Waals surface area (Å²) in [5.41, 5.74) is 0.934. The standard InChI is InChI=1S/C14H15Cl2N5O4S/c1-3-21-9(2)17-13(19-21)18-14(22)20-26(23,24)11-7-5-4-6-10(11)25-12(16)8-15/h4-8H,3H2,1-2H3,(H2,18,19,20,22). The van der Waals surface area contributed by atoms with Gasteiger partial charge in [-0.3, -0.25) is 5.32 Å². The van der Waals surface area contributed by atoms with Crippen molar-refractivity contribution in [2.45, 2.75) is 25.3 Å². The molecule has 0 unspecified atom stereocenters. The molecule has 1 aromatic carbocycles. The molecule has 0 spiro atoms. The Morgan fingerprint density at radius 3 is 2.69 bits per heavy atom. The molecule has 0 saturated heterocycles. The fourth-order valence-electron chi connectivity index (χ4n) is 1.96. The molecule has 9 nitrogen and oxygen atoms in total. The number of aromatic nitrogens is 3. The lowest BCUT2D eigenvalue weighted by atomic mass is 10.3. The predicted octanol–water partition coefficient (Wildman–Crippen LogP) is 2.77. The largest absolute Gasteiger partial charge is 0.443 e. The molecule has 0 radical (unpaired) electrons. The van der Waals surface area contributed by atoms with Gasteiger partial charge in [-0.05, 0) is 37.6 Å². The molecule has 26 heavy (non-hydrogen) atoms. The molecule has 0 atom stereocenters. The summed E-state index contributed by atoms with van der Waals surface area (Å²) < 4.78 is 33.5. The maximum atomic E-state index is 12.5. The number of ether oxygens (including phenoxy) is 1. The summed E-state index contributed by atoms with van der Waals surface area (Å²) in [5.74, 6) is 0.459. The van der Waals surface area contributed by atoms with E-state index in [-0.39, 0.29) is 21.8 Å². The van der Waals surface area contributed by atoms with Gasteiger partial charge >= 0.3 is 6.03 Å². The summed E-state index contributed by atoms with van der Waals surface area (Å²) in [7, 11) is -4.25. The number of carbonyl (C=O) groups is 1. The number of anilines is 1. The van der Waals surface area contributed by atoms with Crippen LogP contribution in [-0.2, 0) is 16.6 Å². The van der Waals surface area contributed by atoms with Gasteiger partial charge in [0, 0.05) is 6.54 Å². The summed E-state index contributed by atoms with van der Waals surface area (Å²) in [5, 5.41) is 6.04. The minimum atomic E-state index is -4.25. The summed E-state index contributed by atoms with van der Waals surface area (Å²) in [6.45, 7) is 4.12. The Morgan fingerprint density at radius 2 is 2.08 bits per heavy atom. The van der Waals surface area contributed by atoms with Gasteiger partial charge in [-0.25, -0.2) is 22.6 Å². The van der Waals surface area contributed by atoms with E-state index < -0.39 is 16.1 Å². The van der Waals surface area contributed by atoms with Crippen molar-refractivity contribution in [2.75, 3.05) is 5.32 Å². The molecule has 2 N–H and O–H groups in total. The second kappa shape index (κ2) is 8.39. The van der Waals surface area contributed by atoms with Gasteiger partial charge < -0.3 is 4.74 Å². The van der Waals surface area contributed by atoms with Gasteiger partial charge in [0.1, 0.15) is 16.5 Å². The zero-order chi connectivity index (χ0) is 19.3. The van der Waals surface area contributed by atoms with Crippen molar-refractivity contribution >= 4 is 45.2 Å². The summed E-state index contributed by atoms with van der Waals surface area (Å²) in [4.78, 5) is 15.7. The lowest BCUT2D eigenvalue weighted by Gasteiger charge is -2.11. The Hall–Kier alpha value is -2.30. The number of benzene rings is 1. The van der Waals surface area contributed by atoms with Crippen LogP contribution in [-0.4, -0.2) is 29.2 Å². The monoisotopic (exact) mass is 419 g/mol. The van der Waals surface area contributed by atoms with Gasteiger partial charge in [0.05, 0.1) is 5.54 Å². The third kappa shape index (κ3) is 4.87. The minimum Gasteiger partial charge on any atom is -0.443 e. The van der Waals surface area contributed by atoms with E-state index in [1.807, 2.05) is 11.6 Å². The Labute approximate surface area is 160 Å². The number of urea groups is 1. The topological polar surface area (TPSA) is 115 Å². The van der Waals surface area contributed by atoms with E-state index in [2.05, 4.69) is 15.4 Å². The van der Waals surface area contributed by atoms with Crippen LogP contribution in [0.15, 0.2) is 39.9 Å². The van der Waals surface area contributed by atoms with Gasteiger partial charge in [0.15, 0.2) is 0 Å². The molecule has 0 fully saturated rings. The normalized spacial score (nSPS) is 11.9. The quantitative estimate of drug-likeness (QED) is 0.695. The van der Waals surface area contributed by atoms with E-state index in [0.29, 0.717) is 12.4 Å². The Balaban J connectivity index is 2.19. The Morgan fingerprint density at radius 1 is 1.38 bits per heavy atom. The van der Waals surface area contributed by atoms with Gasteiger partial charge in [-0.15, -0.1) is 5.10 Å². The Kier molecular flexibility index (Phi) is 6.46. The SMILES string of the molecule is CCn1nc(NC(=O)NS(=O)(=O)c2ccccc2OC(Cl)=CCl)nc1C. The van der Waals surface area contributed by atoms with Gasteiger partial charge in [-0.2, -0.15) is 4.98 Å². The molecule has 0 saturated carbocycles. The van der Waals surface area contributed by atoms with Crippen LogP contribution in [0.5, 0.6) is 5.75 Å². The molecular formula is C14H15Cl2N5O4S. The number of nitrogens with one attached hydrogen (secondary N) is 2. The number of nitrogens with zero attached hydrogens (tertiary/aromatic N) is 3. The van der Waals surface area contributed by atoms with Crippen LogP contribution in [0.2, 0.25) is 0 Å². The maximum absolute atomic E-state index is 12.5. The number of rotatable bonds is 6. The van der Waals surface area contributed by atoms with E-state index in [1.165, 1.54) is 24.3 Å². The molecule has 12 heteroatoms. The number of amides is 2. The molecule has 0 aliphatic carbocycles. The molecular weight excluding hydrogens is 405 g/mol. The number of hydrogen-bond acceptors (Lipinski definition) is 6. The van der Waals surface area contributed by atoms with Crippen molar-refractivity contribution in [3.63, 3.8) is 0 Å². The van der Waals surface area contributed by atoms with E-state index >= 15 is 0 Å². The molecule has 2 rings (SSSR count). The van der Waals surface area contributed by atoms with Crippen LogP contribution in [0.25, 0.3) is 0 Å². The Bertz CT molecular complexity index is 943. The number of carbonyl (C=O) groups excluding carboxylic acids is 1. The number of halogens is 2. The third-order valence-corrected chi connectivity index (χ3v) is 4.91. The highest BCUT2D eigenvalue weighted by atomic mass is 35.5. The first-order valence-corrected chi connectivity index (χ1v) is 9.54. The van der Waals surface area contributed by atoms with E-state index in [1.54, 1.807) is 11.6 Å². The number of para-hydroxylation sites is 1. The molecule has 0 aliphatic heterocycles. The lowest BCUT2D eigenvalue weighted by Crippen LogP contribution is -2.34. The number of aryl methyl sites for hydroxylation is 2. The van der Waals surface area contributed by atoms with Crippen LogP contribution in [0.4, 0.5) is 10.7 Å². The predicted molar refractivity (Wildman–Crippen MR) is 96.6 cm³/mol. The molecule has 2 amide bonds. The molecule has 1 heterocycles. The van der Waals surface area contributed by atoms with E-state index in [4.69, 9.17) is 27.9 Å². The van der Waals surface area contributed by atoms with Crippen LogP contribution in [0, 0.1) is 6.92 Å². The molecule has 2 aromatic rings. The number of hydrogen-bond donors (Lipinski definition) is 2. The van der Waals surface area contributed by atoms with Crippen LogP contribution in [0.1, 0.15) is 12.7 Å². The highest BCUT2D eigenvalue weighted by Crippen LogP contribution is 2.26. The summed E-state index contributed by atoms with van der Waals surface area (Å²) in [6, 6.07) is 4.59. The van der Waals surface area contributed by atoms with Crippen molar-refractivity contribution in [1.29, 1.82) is 0 Å². The first-order chi connectivity index (χ1) is 12.3. The highest BCUT2D eigenvalue weighted by molar-refractivity contribution is 7.90. The average Bonchev–Trinajstić information content (AvgIpc) is 2.93. The van der Waals surface area contributed by atoms with Crippen molar-refractivity contribution in [2.24, 2.45) is 0 Å². The average molecular weight is 420 g/mol. The first-order valence-electron chi connectivity index (χ1n) is 7.24. The highest BCUT2D eigenvalue weighted by Gasteiger charge is 2.23. The molecule has 0 bridgehead atoms. The van der Waals surface area contributed by atoms with E-state index in [0.717, 1.165) is 5.54 Å². The van der Waals surface area contributed by atoms with Gasteiger partial charge in [-0.1, -0.05) is 23.7 Å². The van der Waals surface area contributed by atoms with Crippen molar-refractivity contribution < 1.29 is 17.9 Å². The summed E-state index contributed by atoms with van der Waals surface area (Å²) >= 11 is 11.1. The summed E-state index contributed by atoms with van der Waals surface area (Å²) in [6.07, 6.45) is 0. The van der Waals surface area contributed by atoms with Crippen LogP contribution < -0.4 is 14.8 Å².